The second kappa shape index (κ2) is 70.4. The number of aliphatic hydroxyl groups excluding tert-OH is 1. The van der Waals surface area contributed by atoms with Crippen LogP contribution in [0.2, 0.25) is 0 Å². The molecule has 0 aromatic carbocycles. The van der Waals surface area contributed by atoms with Crippen molar-refractivity contribution in [2.45, 2.75) is 433 Å². The van der Waals surface area contributed by atoms with Gasteiger partial charge in [0.25, 0.3) is 0 Å². The minimum atomic E-state index is -4.96. The van der Waals surface area contributed by atoms with Crippen LogP contribution >= 0.6 is 15.6 Å². The number of phosphoric ester groups is 2. The molecule has 0 amide bonds. The number of phosphoric acid groups is 2. The van der Waals surface area contributed by atoms with Gasteiger partial charge in [-0.15, -0.1) is 0 Å². The highest BCUT2D eigenvalue weighted by Gasteiger charge is 2.30. The van der Waals surface area contributed by atoms with Crippen LogP contribution in [0.15, 0.2) is 0 Å². The molecule has 0 saturated carbocycles. The first-order valence-corrected chi connectivity index (χ1v) is 44.4. The van der Waals surface area contributed by atoms with Crippen LogP contribution in [0.25, 0.3) is 0 Å². The van der Waals surface area contributed by atoms with Gasteiger partial charge in [-0.25, -0.2) is 9.13 Å². The van der Waals surface area contributed by atoms with Crippen LogP contribution in [0.5, 0.6) is 0 Å². The quantitative estimate of drug-likeness (QED) is 0.0222. The Morgan fingerprint density at radius 1 is 0.293 bits per heavy atom. The standard InChI is InChI=1S/C80H156O17P2/c1-8-10-11-12-37-47-54-61-77(82)90-67-75(96-80(85)64-57-50-43-36-30-29-33-40-46-53-60-73(7)9-2)69-94-98(86,87)92-65-74(81)66-93-99(88,89)95-70-76(97-79(84)63-56-49-42-35-28-24-20-16-14-18-22-26-32-39-45-52-59-72(5)6)68-91-78(83)62-55-48-41-34-27-23-19-15-13-17-21-25-31-38-44-51-58-71(3)4/h71-76,81H,8-70H2,1-7H3,(H,86,87)(H,88,89)/t73?,74-,75+,76+/m0/s1. The van der Waals surface area contributed by atoms with Gasteiger partial charge >= 0.3 is 39.5 Å². The summed E-state index contributed by atoms with van der Waals surface area (Å²) in [5.74, 6) is 0.308. The van der Waals surface area contributed by atoms with Gasteiger partial charge in [0, 0.05) is 25.7 Å². The van der Waals surface area contributed by atoms with Gasteiger partial charge in [0.05, 0.1) is 26.4 Å². The van der Waals surface area contributed by atoms with Gasteiger partial charge in [0.2, 0.25) is 0 Å². The van der Waals surface area contributed by atoms with Crippen molar-refractivity contribution in [3.8, 4) is 0 Å². The smallest absolute Gasteiger partial charge is 0.462 e. The molecule has 0 aliphatic carbocycles. The predicted molar refractivity (Wildman–Crippen MR) is 405 cm³/mol. The molecule has 99 heavy (non-hydrogen) atoms. The minimum Gasteiger partial charge on any atom is -0.462 e. The normalized spacial score (nSPS) is 14.3. The third kappa shape index (κ3) is 72.8. The van der Waals surface area contributed by atoms with Gasteiger partial charge < -0.3 is 33.8 Å². The number of esters is 4. The highest BCUT2D eigenvalue weighted by Crippen LogP contribution is 2.45. The molecule has 3 unspecified atom stereocenters. The van der Waals surface area contributed by atoms with E-state index in [1.807, 2.05) is 0 Å². The zero-order chi connectivity index (χ0) is 73.0. The first kappa shape index (κ1) is 97.1. The minimum absolute atomic E-state index is 0.106. The number of unbranched alkanes of at least 4 members (excludes halogenated alkanes) is 45. The molecule has 0 aliphatic rings. The number of ether oxygens (including phenoxy) is 4. The number of carbonyl (C=O) groups excluding carboxylic acids is 4. The molecule has 0 bridgehead atoms. The lowest BCUT2D eigenvalue weighted by molar-refractivity contribution is -0.161. The van der Waals surface area contributed by atoms with Crippen molar-refractivity contribution < 1.29 is 80.2 Å². The van der Waals surface area contributed by atoms with Crippen molar-refractivity contribution in [1.29, 1.82) is 0 Å². The van der Waals surface area contributed by atoms with Crippen LogP contribution in [0.4, 0.5) is 0 Å². The maximum absolute atomic E-state index is 13.1. The highest BCUT2D eigenvalue weighted by molar-refractivity contribution is 7.47. The average molecular weight is 1450 g/mol. The molecule has 588 valence electrons. The highest BCUT2D eigenvalue weighted by atomic mass is 31.2. The fraction of sp³-hybridized carbons (Fsp3) is 0.950. The van der Waals surface area contributed by atoms with Crippen LogP contribution in [0.3, 0.4) is 0 Å². The zero-order valence-electron chi connectivity index (χ0n) is 65.0. The van der Waals surface area contributed by atoms with E-state index in [0.29, 0.717) is 25.7 Å². The van der Waals surface area contributed by atoms with E-state index < -0.39 is 97.5 Å². The Kier molecular flexibility index (Phi) is 69.0. The largest absolute Gasteiger partial charge is 0.472 e. The van der Waals surface area contributed by atoms with Crippen molar-refractivity contribution >= 4 is 39.5 Å². The van der Waals surface area contributed by atoms with Crippen LogP contribution in [0.1, 0.15) is 414 Å². The van der Waals surface area contributed by atoms with Gasteiger partial charge in [0.1, 0.15) is 19.3 Å². The van der Waals surface area contributed by atoms with E-state index in [1.165, 1.54) is 212 Å². The molecular formula is C80H156O17P2. The van der Waals surface area contributed by atoms with Crippen LogP contribution < -0.4 is 0 Å². The monoisotopic (exact) mass is 1450 g/mol. The molecule has 0 aromatic rings. The third-order valence-electron chi connectivity index (χ3n) is 19.0. The lowest BCUT2D eigenvalue weighted by Crippen LogP contribution is -2.30. The lowest BCUT2D eigenvalue weighted by Gasteiger charge is -2.21. The summed E-state index contributed by atoms with van der Waals surface area (Å²) in [5.41, 5.74) is 0. The Hall–Kier alpha value is -1.94. The summed E-state index contributed by atoms with van der Waals surface area (Å²) in [6.07, 6.45) is 58.4. The van der Waals surface area contributed by atoms with Crippen molar-refractivity contribution in [2.24, 2.45) is 17.8 Å². The van der Waals surface area contributed by atoms with Gasteiger partial charge in [-0.05, 0) is 43.4 Å². The van der Waals surface area contributed by atoms with Crippen LogP contribution in [-0.4, -0.2) is 96.7 Å². The lowest BCUT2D eigenvalue weighted by atomic mass is 9.99. The summed E-state index contributed by atoms with van der Waals surface area (Å²) in [7, 11) is -9.91. The zero-order valence-corrected chi connectivity index (χ0v) is 66.8. The SMILES string of the molecule is CCCCCCCCCC(=O)OC[C@H](COP(=O)(O)OC[C@H](O)COP(=O)(O)OC[C@@H](COC(=O)CCCCCCCCCCCCCCCCCCC(C)C)OC(=O)CCCCCCCCCCCCCCCCCCC(C)C)OC(=O)CCCCCCCCCCCCC(C)CC. The topological polar surface area (TPSA) is 237 Å². The van der Waals surface area contributed by atoms with Gasteiger partial charge in [-0.2, -0.15) is 0 Å². The molecule has 17 nitrogen and oxygen atoms in total. The third-order valence-corrected chi connectivity index (χ3v) is 20.9. The van der Waals surface area contributed by atoms with E-state index in [2.05, 4.69) is 48.5 Å². The Labute approximate surface area is 607 Å². The van der Waals surface area contributed by atoms with E-state index >= 15 is 0 Å². The number of rotatable bonds is 78. The molecule has 6 atom stereocenters. The molecule has 0 aliphatic heterocycles. The molecule has 3 N–H and O–H groups in total. The Morgan fingerprint density at radius 2 is 0.515 bits per heavy atom. The van der Waals surface area contributed by atoms with Crippen molar-refractivity contribution in [3.63, 3.8) is 0 Å². The van der Waals surface area contributed by atoms with E-state index in [-0.39, 0.29) is 25.7 Å². The molecule has 0 spiro atoms. The molecular weight excluding hydrogens is 1290 g/mol. The van der Waals surface area contributed by atoms with E-state index in [1.54, 1.807) is 0 Å². The molecule has 0 aromatic heterocycles. The molecule has 0 radical (unpaired) electrons. The first-order valence-electron chi connectivity index (χ1n) is 41.4. The summed E-state index contributed by atoms with van der Waals surface area (Å²) < 4.78 is 68.6. The summed E-state index contributed by atoms with van der Waals surface area (Å²) in [6.45, 7) is 12.0. The van der Waals surface area contributed by atoms with Crippen molar-refractivity contribution in [3.05, 3.63) is 0 Å². The van der Waals surface area contributed by atoms with Crippen molar-refractivity contribution in [1.82, 2.24) is 0 Å². The fourth-order valence-electron chi connectivity index (χ4n) is 12.3. The number of carbonyl (C=O) groups is 4. The van der Waals surface area contributed by atoms with Crippen molar-refractivity contribution in [2.75, 3.05) is 39.6 Å². The average Bonchev–Trinajstić information content (AvgIpc) is 1.01. The Morgan fingerprint density at radius 3 is 0.768 bits per heavy atom. The van der Waals surface area contributed by atoms with Gasteiger partial charge in [-0.3, -0.25) is 37.3 Å². The summed E-state index contributed by atoms with van der Waals surface area (Å²) >= 11 is 0. The number of hydrogen-bond donors (Lipinski definition) is 3. The van der Waals surface area contributed by atoms with Crippen LogP contribution in [0, 0.1) is 17.8 Å². The van der Waals surface area contributed by atoms with Crippen LogP contribution in [-0.2, 0) is 65.4 Å². The number of hydrogen-bond acceptors (Lipinski definition) is 15. The summed E-state index contributed by atoms with van der Waals surface area (Å²) in [6, 6.07) is 0. The molecule has 0 saturated heterocycles. The summed E-state index contributed by atoms with van der Waals surface area (Å²) in [4.78, 5) is 72.8. The second-order valence-electron chi connectivity index (χ2n) is 30.0. The summed E-state index contributed by atoms with van der Waals surface area (Å²) in [5, 5.41) is 10.6. The second-order valence-corrected chi connectivity index (χ2v) is 32.9. The van der Waals surface area contributed by atoms with E-state index in [4.69, 9.17) is 37.0 Å². The molecule has 0 fully saturated rings. The van der Waals surface area contributed by atoms with E-state index in [9.17, 15) is 43.2 Å². The maximum atomic E-state index is 13.1. The Bertz CT molecular complexity index is 1920. The first-order chi connectivity index (χ1) is 47.8. The molecule has 19 heteroatoms. The predicted octanol–water partition coefficient (Wildman–Crippen LogP) is 23.7. The maximum Gasteiger partial charge on any atom is 0.472 e. The van der Waals surface area contributed by atoms with Gasteiger partial charge in [-0.1, -0.05) is 363 Å². The molecule has 0 rings (SSSR count). The number of aliphatic hydroxyl groups is 1. The van der Waals surface area contributed by atoms with E-state index in [0.717, 1.165) is 120 Å². The fourth-order valence-corrected chi connectivity index (χ4v) is 13.9. The van der Waals surface area contributed by atoms with Gasteiger partial charge in [0.15, 0.2) is 12.2 Å². The molecule has 0 heterocycles. The Balaban J connectivity index is 5.19.